The number of β-amino-alcohol motifs (C(OH)–C–C–N with tert-alkyl or cyclic N) is 1. The van der Waals surface area contributed by atoms with E-state index in [-0.39, 0.29) is 29.7 Å². The van der Waals surface area contributed by atoms with E-state index in [1.165, 1.54) is 22.1 Å². The number of hydrogen-bond donors (Lipinski definition) is 3. The van der Waals surface area contributed by atoms with Crippen LogP contribution in [-0.2, 0) is 11.8 Å². The molecule has 12 nitrogen and oxygen atoms in total. The van der Waals surface area contributed by atoms with Crippen LogP contribution in [0.2, 0.25) is 0 Å². The van der Waals surface area contributed by atoms with Crippen LogP contribution in [0.5, 0.6) is 0 Å². The van der Waals surface area contributed by atoms with Gasteiger partial charge in [-0.15, -0.1) is 11.3 Å². The highest BCUT2D eigenvalue weighted by Crippen LogP contribution is 2.31. The third kappa shape index (κ3) is 3.74. The van der Waals surface area contributed by atoms with Crippen LogP contribution >= 0.6 is 11.3 Å². The maximum atomic E-state index is 12.9. The smallest absolute Gasteiger partial charge is 0.341 e. The Balaban J connectivity index is 1.49. The van der Waals surface area contributed by atoms with E-state index in [9.17, 15) is 24.6 Å². The molecule has 180 valence electrons. The molecule has 4 aromatic heterocycles. The lowest BCUT2D eigenvalue weighted by Gasteiger charge is -2.45. The average Bonchev–Trinajstić information content (AvgIpc) is 3.41. The van der Waals surface area contributed by atoms with Gasteiger partial charge in [-0.1, -0.05) is 0 Å². The molecule has 1 amide bonds. The van der Waals surface area contributed by atoms with E-state index in [1.807, 2.05) is 6.92 Å². The molecule has 0 bridgehead atoms. The fourth-order valence-electron chi connectivity index (χ4n) is 4.02. The minimum atomic E-state index is -1.64. The Morgan fingerprint density at radius 2 is 1.97 bits per heavy atom. The van der Waals surface area contributed by atoms with Crippen LogP contribution in [0.4, 0.5) is 11.6 Å². The van der Waals surface area contributed by atoms with Gasteiger partial charge in [0.1, 0.15) is 11.4 Å². The summed E-state index contributed by atoms with van der Waals surface area (Å²) in [6.45, 7) is 3.50. The number of nitrogens with zero attached hydrogens (tertiary/aromatic N) is 6. The summed E-state index contributed by atoms with van der Waals surface area (Å²) in [7, 11) is 1.75. The SMILES string of the molecule is Cc1cc(N2CC(O)(C(=O)Nc3cc(C)n(C)n3)C2)nc2c1c(=O)c(C(=O)O)cn2-c1nccs1. The van der Waals surface area contributed by atoms with Crippen LogP contribution in [0.25, 0.3) is 16.2 Å². The number of carboxylic acid groups (broad SMARTS) is 1. The fraction of sp³-hybridized carbons (Fsp3) is 0.273. The molecule has 1 aliphatic rings. The number of anilines is 2. The van der Waals surface area contributed by atoms with E-state index in [0.717, 1.165) is 5.69 Å². The van der Waals surface area contributed by atoms with Crippen molar-refractivity contribution in [1.82, 2.24) is 24.3 Å². The maximum absolute atomic E-state index is 12.9. The maximum Gasteiger partial charge on any atom is 0.341 e. The molecule has 1 fully saturated rings. The van der Waals surface area contributed by atoms with Gasteiger partial charge in [0.2, 0.25) is 5.43 Å². The number of thiazole rings is 1. The number of carbonyl (C=O) groups is 2. The summed E-state index contributed by atoms with van der Waals surface area (Å²) in [6.07, 6.45) is 2.79. The van der Waals surface area contributed by atoms with Gasteiger partial charge in [-0.05, 0) is 25.5 Å². The summed E-state index contributed by atoms with van der Waals surface area (Å²) in [5.74, 6) is -1.13. The number of aryl methyl sites for hydroxylation is 3. The summed E-state index contributed by atoms with van der Waals surface area (Å²) in [4.78, 5) is 47.8. The molecule has 0 saturated carbocycles. The molecule has 3 N–H and O–H groups in total. The van der Waals surface area contributed by atoms with Crippen LogP contribution < -0.4 is 15.6 Å². The summed E-state index contributed by atoms with van der Waals surface area (Å²) in [5.41, 5.74) is -1.04. The molecule has 0 spiro atoms. The molecule has 4 aromatic rings. The van der Waals surface area contributed by atoms with Gasteiger partial charge in [-0.3, -0.25) is 18.8 Å². The minimum Gasteiger partial charge on any atom is -0.477 e. The number of aromatic carboxylic acids is 1. The van der Waals surface area contributed by atoms with Crippen LogP contribution in [-0.4, -0.2) is 65.1 Å². The van der Waals surface area contributed by atoms with E-state index < -0.39 is 22.9 Å². The van der Waals surface area contributed by atoms with Gasteiger partial charge in [-0.2, -0.15) is 5.10 Å². The molecule has 5 rings (SSSR count). The molecule has 13 heteroatoms. The van der Waals surface area contributed by atoms with Gasteiger partial charge in [0, 0.05) is 36.6 Å². The van der Waals surface area contributed by atoms with Crippen molar-refractivity contribution in [2.75, 3.05) is 23.3 Å². The zero-order chi connectivity index (χ0) is 25.1. The Morgan fingerprint density at radius 3 is 2.57 bits per heavy atom. The number of aliphatic hydroxyl groups is 1. The van der Waals surface area contributed by atoms with Crippen LogP contribution in [0.3, 0.4) is 0 Å². The highest BCUT2D eigenvalue weighted by molar-refractivity contribution is 7.12. The van der Waals surface area contributed by atoms with Crippen molar-refractivity contribution in [2.24, 2.45) is 7.05 Å². The fourth-order valence-corrected chi connectivity index (χ4v) is 4.64. The minimum absolute atomic E-state index is 0.0166. The Labute approximate surface area is 202 Å². The highest BCUT2D eigenvalue weighted by atomic mass is 32.1. The lowest BCUT2D eigenvalue weighted by molar-refractivity contribution is -0.136. The quantitative estimate of drug-likeness (QED) is 0.369. The lowest BCUT2D eigenvalue weighted by Crippen LogP contribution is -2.68. The standard InChI is InChI=1S/C22H21N7O5S/c1-11-6-15(28-9-22(34,10-28)20(33)24-14-7-12(2)27(3)26-14)25-18-16(11)17(30)13(19(31)32)8-29(18)21-23-4-5-35-21/h4-8,34H,9-10H2,1-3H3,(H,31,32)(H,24,26,33). The first kappa shape index (κ1) is 22.7. The molecule has 1 aliphatic heterocycles. The molecule has 0 radical (unpaired) electrons. The molecular weight excluding hydrogens is 474 g/mol. The van der Waals surface area contributed by atoms with Gasteiger partial charge in [0.05, 0.1) is 18.5 Å². The number of rotatable bonds is 5. The monoisotopic (exact) mass is 495 g/mol. The van der Waals surface area contributed by atoms with Crippen molar-refractivity contribution in [3.63, 3.8) is 0 Å². The van der Waals surface area contributed by atoms with E-state index in [0.29, 0.717) is 22.3 Å². The molecule has 0 aliphatic carbocycles. The first-order chi connectivity index (χ1) is 16.6. The summed E-state index contributed by atoms with van der Waals surface area (Å²) >= 11 is 1.27. The van der Waals surface area contributed by atoms with Gasteiger partial charge in [0.15, 0.2) is 22.2 Å². The normalized spacial score (nSPS) is 14.7. The van der Waals surface area contributed by atoms with Crippen LogP contribution in [0.15, 0.2) is 34.7 Å². The summed E-state index contributed by atoms with van der Waals surface area (Å²) in [6, 6.07) is 3.34. The second-order valence-corrected chi connectivity index (χ2v) is 9.37. The molecule has 1 saturated heterocycles. The highest BCUT2D eigenvalue weighted by Gasteiger charge is 2.48. The van der Waals surface area contributed by atoms with E-state index in [4.69, 9.17) is 0 Å². The first-order valence-electron chi connectivity index (χ1n) is 10.6. The van der Waals surface area contributed by atoms with Gasteiger partial charge < -0.3 is 20.4 Å². The van der Waals surface area contributed by atoms with Gasteiger partial charge >= 0.3 is 5.97 Å². The van der Waals surface area contributed by atoms with Crippen molar-refractivity contribution < 1.29 is 19.8 Å². The Morgan fingerprint density at radius 1 is 1.23 bits per heavy atom. The number of aromatic nitrogens is 5. The van der Waals surface area contributed by atoms with Crippen molar-refractivity contribution in [3.8, 4) is 5.13 Å². The summed E-state index contributed by atoms with van der Waals surface area (Å²) in [5, 5.41) is 29.5. The molecule has 0 atom stereocenters. The van der Waals surface area contributed by atoms with Gasteiger partial charge in [0.25, 0.3) is 5.91 Å². The second-order valence-electron chi connectivity index (χ2n) is 8.49. The number of pyridine rings is 2. The van der Waals surface area contributed by atoms with Crippen LogP contribution in [0, 0.1) is 13.8 Å². The Kier molecular flexibility index (Phi) is 5.18. The van der Waals surface area contributed by atoms with Crippen molar-refractivity contribution in [2.45, 2.75) is 19.4 Å². The number of carboxylic acids is 1. The van der Waals surface area contributed by atoms with Crippen LogP contribution in [0.1, 0.15) is 21.6 Å². The van der Waals surface area contributed by atoms with Crippen molar-refractivity contribution in [3.05, 3.63) is 57.0 Å². The van der Waals surface area contributed by atoms with Crippen molar-refractivity contribution in [1.29, 1.82) is 0 Å². The molecule has 0 unspecified atom stereocenters. The lowest BCUT2D eigenvalue weighted by atomic mass is 9.92. The number of fused-ring (bicyclic) bond motifs is 1. The van der Waals surface area contributed by atoms with E-state index in [1.54, 1.807) is 47.3 Å². The number of amides is 1. The largest absolute Gasteiger partial charge is 0.477 e. The topological polar surface area (TPSA) is 155 Å². The Bertz CT molecular complexity index is 1530. The molecule has 5 heterocycles. The Hall–Kier alpha value is -4.10. The third-order valence-electron chi connectivity index (χ3n) is 6.00. The average molecular weight is 496 g/mol. The first-order valence-corrected chi connectivity index (χ1v) is 11.4. The van der Waals surface area contributed by atoms with Crippen molar-refractivity contribution >= 4 is 45.9 Å². The number of carbonyl (C=O) groups excluding carboxylic acids is 1. The second kappa shape index (κ2) is 7.99. The van der Waals surface area contributed by atoms with Gasteiger partial charge in [-0.25, -0.2) is 14.8 Å². The van der Waals surface area contributed by atoms with E-state index in [2.05, 4.69) is 20.4 Å². The van der Waals surface area contributed by atoms with E-state index >= 15 is 0 Å². The summed E-state index contributed by atoms with van der Waals surface area (Å²) < 4.78 is 3.09. The zero-order valence-corrected chi connectivity index (χ0v) is 19.8. The molecular formula is C22H21N7O5S. The number of nitrogens with one attached hydrogen (secondary N) is 1. The predicted molar refractivity (Wildman–Crippen MR) is 128 cm³/mol. The third-order valence-corrected chi connectivity index (χ3v) is 6.78. The molecule has 35 heavy (non-hydrogen) atoms. The molecule has 0 aromatic carbocycles. The number of hydrogen-bond acceptors (Lipinski definition) is 9. The predicted octanol–water partition coefficient (Wildman–Crippen LogP) is 1.08. The zero-order valence-electron chi connectivity index (χ0n) is 19.0.